The predicted molar refractivity (Wildman–Crippen MR) is 61.4 cm³/mol. The zero-order valence-electron chi connectivity index (χ0n) is 9.17. The van der Waals surface area contributed by atoms with Gasteiger partial charge in [0.25, 0.3) is 0 Å². The lowest BCUT2D eigenvalue weighted by molar-refractivity contribution is 0.438. The Bertz CT molecular complexity index is 576. The first-order valence-corrected chi connectivity index (χ1v) is 5.56. The van der Waals surface area contributed by atoms with Crippen molar-refractivity contribution in [1.82, 2.24) is 10.3 Å². The Morgan fingerprint density at radius 1 is 1.44 bits per heavy atom. The SMILES string of the molecule is CC1(c2cccc3oc(=O)[nH]c23)CCCN1. The maximum Gasteiger partial charge on any atom is 0.417 e. The van der Waals surface area contributed by atoms with Gasteiger partial charge in [-0.3, -0.25) is 4.98 Å². The number of aromatic amines is 1. The van der Waals surface area contributed by atoms with Crippen molar-refractivity contribution in [2.24, 2.45) is 0 Å². The topological polar surface area (TPSA) is 58.0 Å². The number of fused-ring (bicyclic) bond motifs is 1. The van der Waals surface area contributed by atoms with E-state index < -0.39 is 0 Å². The van der Waals surface area contributed by atoms with Crippen molar-refractivity contribution >= 4 is 11.1 Å². The molecule has 16 heavy (non-hydrogen) atoms. The van der Waals surface area contributed by atoms with E-state index in [2.05, 4.69) is 17.2 Å². The highest BCUT2D eigenvalue weighted by Crippen LogP contribution is 2.33. The van der Waals surface area contributed by atoms with E-state index in [-0.39, 0.29) is 11.3 Å². The van der Waals surface area contributed by atoms with Crippen LogP contribution in [0.3, 0.4) is 0 Å². The first-order valence-electron chi connectivity index (χ1n) is 5.56. The van der Waals surface area contributed by atoms with Gasteiger partial charge in [-0.25, -0.2) is 4.79 Å². The van der Waals surface area contributed by atoms with Gasteiger partial charge in [0.15, 0.2) is 5.58 Å². The summed E-state index contributed by atoms with van der Waals surface area (Å²) in [4.78, 5) is 14.0. The molecule has 1 saturated heterocycles. The Hall–Kier alpha value is -1.55. The second-order valence-electron chi connectivity index (χ2n) is 4.56. The fourth-order valence-electron chi connectivity index (χ4n) is 2.56. The average molecular weight is 218 g/mol. The van der Waals surface area contributed by atoms with Gasteiger partial charge in [0, 0.05) is 5.54 Å². The van der Waals surface area contributed by atoms with E-state index in [1.807, 2.05) is 18.2 Å². The van der Waals surface area contributed by atoms with Crippen LogP contribution < -0.4 is 11.1 Å². The van der Waals surface area contributed by atoms with Crippen molar-refractivity contribution in [2.45, 2.75) is 25.3 Å². The molecule has 1 atom stereocenters. The van der Waals surface area contributed by atoms with E-state index >= 15 is 0 Å². The number of aromatic nitrogens is 1. The number of benzene rings is 1. The summed E-state index contributed by atoms with van der Waals surface area (Å²) < 4.78 is 5.07. The smallest absolute Gasteiger partial charge is 0.408 e. The molecule has 2 heterocycles. The molecule has 1 aliphatic rings. The van der Waals surface area contributed by atoms with E-state index in [1.165, 1.54) is 0 Å². The minimum Gasteiger partial charge on any atom is -0.408 e. The lowest BCUT2D eigenvalue weighted by Gasteiger charge is -2.25. The van der Waals surface area contributed by atoms with Crippen LogP contribution in [0.4, 0.5) is 0 Å². The molecule has 1 aromatic carbocycles. The summed E-state index contributed by atoms with van der Waals surface area (Å²) in [5.41, 5.74) is 2.53. The van der Waals surface area contributed by atoms with Crippen molar-refractivity contribution in [3.63, 3.8) is 0 Å². The van der Waals surface area contributed by atoms with Crippen LogP contribution in [0.25, 0.3) is 11.1 Å². The molecule has 0 aliphatic carbocycles. The summed E-state index contributed by atoms with van der Waals surface area (Å²) in [5.74, 6) is -0.385. The van der Waals surface area contributed by atoms with E-state index in [4.69, 9.17) is 4.42 Å². The van der Waals surface area contributed by atoms with Crippen molar-refractivity contribution in [3.8, 4) is 0 Å². The summed E-state index contributed by atoms with van der Waals surface area (Å²) in [5, 5.41) is 3.49. The van der Waals surface area contributed by atoms with Gasteiger partial charge >= 0.3 is 5.76 Å². The van der Waals surface area contributed by atoms with Gasteiger partial charge in [0.2, 0.25) is 0 Å². The molecular weight excluding hydrogens is 204 g/mol. The van der Waals surface area contributed by atoms with Crippen molar-refractivity contribution < 1.29 is 4.42 Å². The average Bonchev–Trinajstić information content (AvgIpc) is 2.83. The van der Waals surface area contributed by atoms with E-state index in [0.717, 1.165) is 30.5 Å². The van der Waals surface area contributed by atoms with Crippen LogP contribution in [0.2, 0.25) is 0 Å². The quantitative estimate of drug-likeness (QED) is 0.766. The Labute approximate surface area is 92.7 Å². The Kier molecular flexibility index (Phi) is 1.94. The van der Waals surface area contributed by atoms with Crippen LogP contribution in [-0.4, -0.2) is 11.5 Å². The highest BCUT2D eigenvalue weighted by Gasteiger charge is 2.32. The van der Waals surface area contributed by atoms with Crippen LogP contribution in [0.1, 0.15) is 25.3 Å². The normalized spacial score (nSPS) is 25.3. The number of oxazole rings is 1. The largest absolute Gasteiger partial charge is 0.417 e. The Morgan fingerprint density at radius 3 is 3.06 bits per heavy atom. The third kappa shape index (κ3) is 1.30. The monoisotopic (exact) mass is 218 g/mol. The molecule has 2 N–H and O–H groups in total. The summed E-state index contributed by atoms with van der Waals surface area (Å²) in [6.07, 6.45) is 2.24. The molecule has 84 valence electrons. The zero-order valence-corrected chi connectivity index (χ0v) is 9.17. The van der Waals surface area contributed by atoms with Gasteiger partial charge in [-0.05, 0) is 37.9 Å². The van der Waals surface area contributed by atoms with Crippen LogP contribution in [-0.2, 0) is 5.54 Å². The van der Waals surface area contributed by atoms with Crippen LogP contribution in [0.5, 0.6) is 0 Å². The van der Waals surface area contributed by atoms with Gasteiger partial charge in [-0.2, -0.15) is 0 Å². The fourth-order valence-corrected chi connectivity index (χ4v) is 2.56. The Balaban J connectivity index is 2.26. The number of nitrogens with one attached hydrogen (secondary N) is 2. The van der Waals surface area contributed by atoms with Gasteiger partial charge in [-0.1, -0.05) is 12.1 Å². The van der Waals surface area contributed by atoms with Gasteiger partial charge in [-0.15, -0.1) is 0 Å². The zero-order chi connectivity index (χ0) is 11.2. The summed E-state index contributed by atoms with van der Waals surface area (Å²) in [6, 6.07) is 5.79. The van der Waals surface area contributed by atoms with E-state index in [9.17, 15) is 4.79 Å². The van der Waals surface area contributed by atoms with Crippen molar-refractivity contribution in [3.05, 3.63) is 34.3 Å². The number of H-pyrrole nitrogens is 1. The van der Waals surface area contributed by atoms with Crippen molar-refractivity contribution in [1.29, 1.82) is 0 Å². The van der Waals surface area contributed by atoms with Crippen molar-refractivity contribution in [2.75, 3.05) is 6.54 Å². The molecule has 3 rings (SSSR count). The number of rotatable bonds is 1. The lowest BCUT2D eigenvalue weighted by Crippen LogP contribution is -2.33. The maximum absolute atomic E-state index is 11.2. The van der Waals surface area contributed by atoms with Gasteiger partial charge < -0.3 is 9.73 Å². The second kappa shape index (κ2) is 3.22. The second-order valence-corrected chi connectivity index (χ2v) is 4.56. The Morgan fingerprint density at radius 2 is 2.31 bits per heavy atom. The first-order chi connectivity index (χ1) is 7.69. The molecule has 1 aromatic heterocycles. The molecule has 2 aromatic rings. The van der Waals surface area contributed by atoms with E-state index in [1.54, 1.807) is 0 Å². The van der Waals surface area contributed by atoms with Gasteiger partial charge in [0.05, 0.1) is 5.52 Å². The highest BCUT2D eigenvalue weighted by molar-refractivity contribution is 5.77. The summed E-state index contributed by atoms with van der Waals surface area (Å²) in [6.45, 7) is 3.19. The fraction of sp³-hybridized carbons (Fsp3) is 0.417. The molecule has 0 radical (unpaired) electrons. The molecule has 0 amide bonds. The third-order valence-electron chi connectivity index (χ3n) is 3.42. The third-order valence-corrected chi connectivity index (χ3v) is 3.42. The minimum absolute atomic E-state index is 0.0493. The summed E-state index contributed by atoms with van der Waals surface area (Å²) in [7, 11) is 0. The predicted octanol–water partition coefficient (Wildman–Crippen LogP) is 1.72. The molecule has 1 fully saturated rings. The standard InChI is InChI=1S/C12H14N2O2/c1-12(6-3-7-13-12)8-4-2-5-9-10(8)14-11(15)16-9/h2,4-5,13H,3,6-7H2,1H3,(H,14,15). The molecule has 0 spiro atoms. The minimum atomic E-state index is -0.385. The molecular formula is C12H14N2O2. The van der Waals surface area contributed by atoms with Gasteiger partial charge in [0.1, 0.15) is 0 Å². The molecule has 4 heteroatoms. The van der Waals surface area contributed by atoms with Crippen LogP contribution in [0.15, 0.2) is 27.4 Å². The molecule has 4 nitrogen and oxygen atoms in total. The van der Waals surface area contributed by atoms with Crippen LogP contribution in [0, 0.1) is 0 Å². The first kappa shape index (κ1) is 9.66. The molecule has 0 saturated carbocycles. The molecule has 1 aliphatic heterocycles. The number of hydrogen-bond donors (Lipinski definition) is 2. The highest BCUT2D eigenvalue weighted by atomic mass is 16.4. The molecule has 1 unspecified atom stereocenters. The number of para-hydroxylation sites is 1. The van der Waals surface area contributed by atoms with E-state index in [0.29, 0.717) is 5.58 Å². The van der Waals surface area contributed by atoms with Crippen LogP contribution >= 0.6 is 0 Å². The maximum atomic E-state index is 11.2. The lowest BCUT2D eigenvalue weighted by atomic mass is 9.90. The molecule has 0 bridgehead atoms. The summed E-state index contributed by atoms with van der Waals surface area (Å²) >= 11 is 0. The number of hydrogen-bond acceptors (Lipinski definition) is 3.